The summed E-state index contributed by atoms with van der Waals surface area (Å²) in [5.41, 5.74) is 2.43. The van der Waals surface area contributed by atoms with Gasteiger partial charge in [-0.2, -0.15) is 0 Å². The van der Waals surface area contributed by atoms with Crippen molar-refractivity contribution in [1.29, 1.82) is 0 Å². The number of benzene rings is 2. The number of carbonyl (C=O) groups excluding carboxylic acids is 1. The summed E-state index contributed by atoms with van der Waals surface area (Å²) >= 11 is 0. The molecule has 0 saturated carbocycles. The van der Waals surface area contributed by atoms with Gasteiger partial charge in [-0.15, -0.1) is 0 Å². The summed E-state index contributed by atoms with van der Waals surface area (Å²) in [4.78, 5) is 11.4. The van der Waals surface area contributed by atoms with Crippen LogP contribution in [0, 0.1) is 0 Å². The van der Waals surface area contributed by atoms with Gasteiger partial charge in [0.25, 0.3) is 0 Å². The lowest BCUT2D eigenvalue weighted by atomic mass is 9.92. The van der Waals surface area contributed by atoms with E-state index in [1.165, 1.54) is 12.7 Å². The second-order valence-corrected chi connectivity index (χ2v) is 6.65. The third kappa shape index (κ3) is 7.06. The van der Waals surface area contributed by atoms with Gasteiger partial charge in [-0.1, -0.05) is 55.8 Å². The maximum Gasteiger partial charge on any atom is 0.334 e. The second-order valence-electron chi connectivity index (χ2n) is 6.65. The summed E-state index contributed by atoms with van der Waals surface area (Å²) < 4.78 is 16.2. The molecule has 0 radical (unpaired) electrons. The molecule has 0 aliphatic carbocycles. The molecule has 27 heavy (non-hydrogen) atoms. The van der Waals surface area contributed by atoms with Crippen LogP contribution in [-0.4, -0.2) is 25.8 Å². The maximum atomic E-state index is 11.4. The molecule has 0 aromatic heterocycles. The first-order chi connectivity index (χ1) is 13.1. The highest BCUT2D eigenvalue weighted by Crippen LogP contribution is 2.27. The smallest absolute Gasteiger partial charge is 0.334 e. The molecular weight excluding hydrogens is 340 g/mol. The van der Waals surface area contributed by atoms with Crippen LogP contribution in [0.5, 0.6) is 5.75 Å². The summed E-state index contributed by atoms with van der Waals surface area (Å²) in [5, 5.41) is 0. The predicted molar refractivity (Wildman–Crippen MR) is 107 cm³/mol. The minimum atomic E-state index is -0.522. The first-order valence-electron chi connectivity index (χ1n) is 9.60. The number of rotatable bonds is 11. The Balaban J connectivity index is 1.87. The Bertz CT molecular complexity index is 667. The van der Waals surface area contributed by atoms with E-state index in [1.54, 1.807) is 6.92 Å². The molecule has 0 N–H and O–H groups in total. The van der Waals surface area contributed by atoms with Gasteiger partial charge in [0.05, 0.1) is 7.11 Å². The SMILES string of the molecule is CCCC(CCOC(C)C(=O)OC)c1ccc(OCc2ccccc2)cc1. The van der Waals surface area contributed by atoms with Gasteiger partial charge in [-0.25, -0.2) is 4.79 Å². The number of ether oxygens (including phenoxy) is 3. The molecule has 146 valence electrons. The Kier molecular flexibility index (Phi) is 8.85. The zero-order chi connectivity index (χ0) is 19.5. The van der Waals surface area contributed by atoms with Crippen molar-refractivity contribution in [2.45, 2.75) is 51.7 Å². The Hall–Kier alpha value is -2.33. The van der Waals surface area contributed by atoms with Crippen LogP contribution in [0.25, 0.3) is 0 Å². The molecule has 4 heteroatoms. The van der Waals surface area contributed by atoms with Crippen molar-refractivity contribution in [3.05, 3.63) is 65.7 Å². The first kappa shape index (κ1) is 21.0. The molecule has 0 heterocycles. The highest BCUT2D eigenvalue weighted by atomic mass is 16.6. The fraction of sp³-hybridized carbons (Fsp3) is 0.435. The van der Waals surface area contributed by atoms with Gasteiger partial charge in [0, 0.05) is 6.61 Å². The Morgan fingerprint density at radius 2 is 1.70 bits per heavy atom. The van der Waals surface area contributed by atoms with E-state index >= 15 is 0 Å². The summed E-state index contributed by atoms with van der Waals surface area (Å²) in [6, 6.07) is 18.5. The minimum Gasteiger partial charge on any atom is -0.489 e. The summed E-state index contributed by atoms with van der Waals surface area (Å²) in [6.07, 6.45) is 2.54. The van der Waals surface area contributed by atoms with Gasteiger partial charge >= 0.3 is 5.97 Å². The van der Waals surface area contributed by atoms with E-state index in [9.17, 15) is 4.79 Å². The van der Waals surface area contributed by atoms with Crippen LogP contribution in [0.2, 0.25) is 0 Å². The number of esters is 1. The number of hydrogen-bond donors (Lipinski definition) is 0. The molecule has 2 aromatic carbocycles. The topological polar surface area (TPSA) is 44.8 Å². The van der Waals surface area contributed by atoms with Crippen molar-refractivity contribution in [3.8, 4) is 5.75 Å². The molecule has 0 aliphatic heterocycles. The van der Waals surface area contributed by atoms with E-state index in [0.717, 1.165) is 30.6 Å². The van der Waals surface area contributed by atoms with Crippen LogP contribution >= 0.6 is 0 Å². The third-order valence-corrected chi connectivity index (χ3v) is 4.60. The summed E-state index contributed by atoms with van der Waals surface area (Å²) in [7, 11) is 1.38. The zero-order valence-electron chi connectivity index (χ0n) is 16.5. The van der Waals surface area contributed by atoms with E-state index in [-0.39, 0.29) is 5.97 Å². The van der Waals surface area contributed by atoms with E-state index in [1.807, 2.05) is 30.3 Å². The van der Waals surface area contributed by atoms with Crippen LogP contribution < -0.4 is 4.74 Å². The minimum absolute atomic E-state index is 0.332. The quantitative estimate of drug-likeness (QED) is 0.515. The lowest BCUT2D eigenvalue weighted by molar-refractivity contribution is -0.153. The number of hydrogen-bond acceptors (Lipinski definition) is 4. The van der Waals surface area contributed by atoms with Crippen molar-refractivity contribution >= 4 is 5.97 Å². The average molecular weight is 370 g/mol. The molecule has 0 fully saturated rings. The molecule has 0 bridgehead atoms. The van der Waals surface area contributed by atoms with Crippen LogP contribution in [0.4, 0.5) is 0 Å². The van der Waals surface area contributed by atoms with Crippen LogP contribution in [0.15, 0.2) is 54.6 Å². The lowest BCUT2D eigenvalue weighted by Gasteiger charge is -2.18. The lowest BCUT2D eigenvalue weighted by Crippen LogP contribution is -2.23. The second kappa shape index (κ2) is 11.4. The molecule has 2 aromatic rings. The molecule has 0 spiro atoms. The summed E-state index contributed by atoms with van der Waals surface area (Å²) in [5.74, 6) is 0.943. The van der Waals surface area contributed by atoms with E-state index in [4.69, 9.17) is 14.2 Å². The zero-order valence-corrected chi connectivity index (χ0v) is 16.5. The van der Waals surface area contributed by atoms with Crippen molar-refractivity contribution < 1.29 is 19.0 Å². The van der Waals surface area contributed by atoms with Gasteiger partial charge in [-0.3, -0.25) is 0 Å². The highest BCUT2D eigenvalue weighted by molar-refractivity contribution is 5.73. The van der Waals surface area contributed by atoms with Crippen molar-refractivity contribution in [1.82, 2.24) is 0 Å². The number of carbonyl (C=O) groups is 1. The monoisotopic (exact) mass is 370 g/mol. The van der Waals surface area contributed by atoms with Gasteiger partial charge in [0.1, 0.15) is 12.4 Å². The number of methoxy groups -OCH3 is 1. The largest absolute Gasteiger partial charge is 0.489 e. The average Bonchev–Trinajstić information content (AvgIpc) is 2.72. The molecule has 0 aliphatic rings. The van der Waals surface area contributed by atoms with Gasteiger partial charge in [0.2, 0.25) is 0 Å². The standard InChI is InChI=1S/C23H30O4/c1-4-8-20(15-16-26-18(2)23(24)25-3)21-11-13-22(14-12-21)27-17-19-9-6-5-7-10-19/h5-7,9-14,18,20H,4,8,15-17H2,1-3H3. The molecule has 2 unspecified atom stereocenters. The predicted octanol–water partition coefficient (Wildman–Crippen LogP) is 5.12. The highest BCUT2D eigenvalue weighted by Gasteiger charge is 2.16. The van der Waals surface area contributed by atoms with Crippen molar-refractivity contribution in [3.63, 3.8) is 0 Å². The Morgan fingerprint density at radius 3 is 2.33 bits per heavy atom. The first-order valence-corrected chi connectivity index (χ1v) is 9.60. The fourth-order valence-electron chi connectivity index (χ4n) is 3.02. The van der Waals surface area contributed by atoms with Crippen LogP contribution in [0.3, 0.4) is 0 Å². The van der Waals surface area contributed by atoms with E-state index < -0.39 is 6.10 Å². The van der Waals surface area contributed by atoms with E-state index in [0.29, 0.717) is 19.1 Å². The summed E-state index contributed by atoms with van der Waals surface area (Å²) in [6.45, 7) is 5.01. The van der Waals surface area contributed by atoms with Gasteiger partial charge in [0.15, 0.2) is 6.10 Å². The van der Waals surface area contributed by atoms with E-state index in [2.05, 4.69) is 31.2 Å². The van der Waals surface area contributed by atoms with Crippen LogP contribution in [0.1, 0.15) is 50.2 Å². The third-order valence-electron chi connectivity index (χ3n) is 4.60. The molecular formula is C23H30O4. The molecule has 2 rings (SSSR count). The normalized spacial score (nSPS) is 13.0. The Labute approximate surface area is 162 Å². The molecule has 0 saturated heterocycles. The van der Waals surface area contributed by atoms with Crippen molar-refractivity contribution in [2.24, 2.45) is 0 Å². The van der Waals surface area contributed by atoms with Gasteiger partial charge < -0.3 is 14.2 Å². The van der Waals surface area contributed by atoms with Crippen molar-refractivity contribution in [2.75, 3.05) is 13.7 Å². The molecule has 0 amide bonds. The molecule has 4 nitrogen and oxygen atoms in total. The van der Waals surface area contributed by atoms with Crippen LogP contribution in [-0.2, 0) is 20.9 Å². The Morgan fingerprint density at radius 1 is 1.00 bits per heavy atom. The fourth-order valence-corrected chi connectivity index (χ4v) is 3.02. The molecule has 2 atom stereocenters. The maximum absolute atomic E-state index is 11.4. The van der Waals surface area contributed by atoms with Gasteiger partial charge in [-0.05, 0) is 48.9 Å².